The number of thioether (sulfide) groups is 4. The Kier molecular flexibility index (Phi) is 9.31. The molecule has 0 saturated carbocycles. The molecule has 15 nitrogen and oxygen atoms in total. The molecule has 3 amide bonds. The number of rotatable bonds is 9. The van der Waals surface area contributed by atoms with Gasteiger partial charge in [-0.1, -0.05) is 35.3 Å². The molecule has 2 atom stereocenters. The number of methoxy groups -OCH3 is 1. The third-order valence-corrected chi connectivity index (χ3v) is 10.5. The van der Waals surface area contributed by atoms with Crippen LogP contribution < -0.4 is 40.6 Å². The van der Waals surface area contributed by atoms with Crippen molar-refractivity contribution in [1.82, 2.24) is 30.4 Å². The van der Waals surface area contributed by atoms with Crippen molar-refractivity contribution in [2.24, 2.45) is 12.8 Å². The van der Waals surface area contributed by atoms with Crippen LogP contribution in [0.15, 0.2) is 26.2 Å². The van der Waals surface area contributed by atoms with Crippen molar-refractivity contribution in [2.45, 2.75) is 20.8 Å². The van der Waals surface area contributed by atoms with Crippen LogP contribution in [-0.4, -0.2) is 99.3 Å². The summed E-state index contributed by atoms with van der Waals surface area (Å²) in [6.07, 6.45) is 0. The van der Waals surface area contributed by atoms with Crippen molar-refractivity contribution in [3.8, 4) is 0 Å². The number of aryl methyl sites for hydroxylation is 1. The van der Waals surface area contributed by atoms with Crippen molar-refractivity contribution in [1.29, 1.82) is 0 Å². The number of carboxylic acids is 2. The quantitative estimate of drug-likeness (QED) is 0.0401. The molecule has 1 aromatic rings. The van der Waals surface area contributed by atoms with Crippen LogP contribution in [0.1, 0.15) is 1.43 Å². The smallest absolute Gasteiger partial charge is 1.00 e. The van der Waals surface area contributed by atoms with E-state index in [0.717, 1.165) is 28.4 Å². The van der Waals surface area contributed by atoms with Crippen molar-refractivity contribution in [3.05, 3.63) is 21.1 Å². The van der Waals surface area contributed by atoms with E-state index in [1.807, 2.05) is 0 Å². The fourth-order valence-corrected chi connectivity index (χ4v) is 8.16. The maximum atomic E-state index is 13.2. The van der Waals surface area contributed by atoms with Gasteiger partial charge in [0.05, 0.1) is 4.24 Å². The largest absolute Gasteiger partial charge is 1.00 e. The molecule has 3 aliphatic rings. The van der Waals surface area contributed by atoms with Gasteiger partial charge >= 0.3 is 41.5 Å². The first kappa shape index (κ1) is 29.8. The van der Waals surface area contributed by atoms with E-state index >= 15 is 0 Å². The molecule has 0 bridgehead atoms. The molecule has 0 aliphatic carbocycles. The van der Waals surface area contributed by atoms with E-state index in [0.29, 0.717) is 10.7 Å². The number of nitrogens with one attached hydrogen (secondary N) is 1. The van der Waals surface area contributed by atoms with Gasteiger partial charge in [0.25, 0.3) is 17.5 Å². The maximum absolute atomic E-state index is 13.2. The van der Waals surface area contributed by atoms with Gasteiger partial charge in [-0.25, -0.2) is 14.3 Å². The third kappa shape index (κ3) is 5.27. The van der Waals surface area contributed by atoms with Gasteiger partial charge in [0, 0.05) is 25.7 Å². The Morgan fingerprint density at radius 1 is 1.32 bits per heavy atom. The molecule has 5 N–H and O–H groups in total. The number of fused-ring (bicyclic) bond motifs is 1. The number of nitrogens with two attached hydrogens (primary N) is 1. The second-order valence-corrected chi connectivity index (χ2v) is 12.1. The van der Waals surface area contributed by atoms with Crippen LogP contribution in [0.4, 0.5) is 0 Å². The van der Waals surface area contributed by atoms with Crippen LogP contribution in [0.3, 0.4) is 0 Å². The van der Waals surface area contributed by atoms with Gasteiger partial charge in [0.15, 0.2) is 0 Å². The second kappa shape index (κ2) is 11.6. The zero-order chi connectivity index (χ0) is 26.4. The summed E-state index contributed by atoms with van der Waals surface area (Å²) in [5.74, 6) is -4.89. The Bertz CT molecular complexity index is 1240. The average molecular weight is 600 g/mol. The van der Waals surface area contributed by atoms with Gasteiger partial charge in [0.1, 0.15) is 21.2 Å². The number of hydrogen-bond acceptors (Lipinski definition) is 13. The maximum Gasteiger partial charge on any atom is 1.00 e. The monoisotopic (exact) mass is 599 g/mol. The molecule has 37 heavy (non-hydrogen) atoms. The zero-order valence-corrected chi connectivity index (χ0v) is 24.6. The summed E-state index contributed by atoms with van der Waals surface area (Å²) < 4.78 is 6.05. The van der Waals surface area contributed by atoms with Gasteiger partial charge in [-0.05, 0) is 16.0 Å². The second-order valence-electron chi connectivity index (χ2n) is 7.30. The van der Waals surface area contributed by atoms with E-state index in [-0.39, 0.29) is 52.4 Å². The van der Waals surface area contributed by atoms with Crippen LogP contribution in [0, 0.1) is 0 Å². The Hall–Kier alpha value is -1.74. The molecule has 3 aliphatic heterocycles. The number of aliphatic carboxylic acids is 2. The Labute approximate surface area is 248 Å². The molecule has 0 aromatic carbocycles. The number of hydrogen-bond donors (Lipinski definition) is 4. The number of nitrogens with zero attached hydrogens (tertiary/aromatic N) is 5. The van der Waals surface area contributed by atoms with Crippen molar-refractivity contribution >= 4 is 76.7 Å². The number of amides is 3. The fourth-order valence-electron chi connectivity index (χ4n) is 3.51. The molecule has 0 unspecified atom stereocenters. The number of carbonyl (C=O) groups is 5. The summed E-state index contributed by atoms with van der Waals surface area (Å²) in [4.78, 5) is 61.7. The molecular formula is C17H18N7NaO8S4. The molecule has 20 heteroatoms. The van der Waals surface area contributed by atoms with E-state index in [4.69, 9.17) is 15.6 Å². The predicted molar refractivity (Wildman–Crippen MR) is 129 cm³/mol. The SMILES string of the molecule is CO[C@@]1(NC(=O)C2SC(=C(C(N)=O)C(=O)O)S2)C(=O)N2C(C(=O)O)=C(CSc3nnnn3C)CS[C@@H]21.[H-].[Na+]. The number of tetrazole rings is 1. The minimum atomic E-state index is -1.81. The summed E-state index contributed by atoms with van der Waals surface area (Å²) in [5, 5.41) is 32.2. The summed E-state index contributed by atoms with van der Waals surface area (Å²) in [6.45, 7) is 0. The van der Waals surface area contributed by atoms with Crippen LogP contribution in [-0.2, 0) is 35.8 Å². The molecule has 0 spiro atoms. The standard InChI is InChI=1S/C17H17N7O8S4.Na.H/c1-23-16(20-21-22-23)34-4-5-3-33-15-17(32-2,14(31)24(15)7(5)11(29)30)19-9(26)13-35-12(36-13)6(8(18)25)10(27)28;;/h13,15H,3-4H2,1-2H3,(H2,18,25)(H,19,26)(H,27,28)(H,29,30);;/q;+1;-1/t13?,15-,17+;;/m1../s1. The zero-order valence-electron chi connectivity index (χ0n) is 20.4. The minimum Gasteiger partial charge on any atom is -1.00 e. The minimum absolute atomic E-state index is 0. The number of β-lactam (4-membered cyclic amide) rings is 1. The normalized spacial score (nSPS) is 24.3. The van der Waals surface area contributed by atoms with Gasteiger partial charge in [0.2, 0.25) is 11.1 Å². The Morgan fingerprint density at radius 3 is 2.51 bits per heavy atom. The van der Waals surface area contributed by atoms with E-state index in [1.54, 1.807) is 7.05 Å². The first-order chi connectivity index (χ1) is 17.0. The Morgan fingerprint density at radius 2 is 2.00 bits per heavy atom. The predicted octanol–water partition coefficient (Wildman–Crippen LogP) is -4.28. The first-order valence-electron chi connectivity index (χ1n) is 9.75. The van der Waals surface area contributed by atoms with Crippen LogP contribution in [0.5, 0.6) is 0 Å². The van der Waals surface area contributed by atoms with Crippen molar-refractivity contribution < 1.29 is 69.9 Å². The molecule has 0 radical (unpaired) electrons. The van der Waals surface area contributed by atoms with Crippen molar-refractivity contribution in [2.75, 3.05) is 18.6 Å². The number of carboxylic acid groups (broad SMARTS) is 2. The Balaban J connectivity index is 0.00000253. The molecular weight excluding hydrogens is 581 g/mol. The van der Waals surface area contributed by atoms with E-state index in [9.17, 15) is 29.1 Å². The first-order valence-corrected chi connectivity index (χ1v) is 13.5. The van der Waals surface area contributed by atoms with Crippen LogP contribution >= 0.6 is 47.0 Å². The van der Waals surface area contributed by atoms with Crippen molar-refractivity contribution in [3.63, 3.8) is 0 Å². The number of primary amides is 1. The number of aromatic nitrogens is 4. The molecule has 1 aromatic heterocycles. The molecule has 4 rings (SSSR count). The third-order valence-electron chi connectivity index (χ3n) is 5.21. The van der Waals surface area contributed by atoms with Crippen LogP contribution in [0.2, 0.25) is 0 Å². The summed E-state index contributed by atoms with van der Waals surface area (Å²) in [6, 6.07) is 0. The van der Waals surface area contributed by atoms with Crippen LogP contribution in [0.25, 0.3) is 0 Å². The molecule has 2 saturated heterocycles. The fraction of sp³-hybridized carbons (Fsp3) is 0.412. The summed E-state index contributed by atoms with van der Waals surface area (Å²) in [7, 11) is 2.86. The summed E-state index contributed by atoms with van der Waals surface area (Å²) >= 11 is 4.06. The van der Waals surface area contributed by atoms with E-state index < -0.39 is 50.9 Å². The van der Waals surface area contributed by atoms with Gasteiger partial charge in [-0.3, -0.25) is 19.3 Å². The summed E-state index contributed by atoms with van der Waals surface area (Å²) in [5.41, 5.74) is 2.93. The van der Waals surface area contributed by atoms with E-state index in [2.05, 4.69) is 20.8 Å². The van der Waals surface area contributed by atoms with Gasteiger partial charge in [-0.2, -0.15) is 0 Å². The molecule has 194 valence electrons. The number of ether oxygens (including phenoxy) is 1. The average Bonchev–Trinajstić information content (AvgIpc) is 3.20. The van der Waals surface area contributed by atoms with Gasteiger partial charge < -0.3 is 27.4 Å². The number of carbonyl (C=O) groups excluding carboxylic acids is 3. The van der Waals surface area contributed by atoms with Gasteiger partial charge in [-0.15, -0.1) is 16.9 Å². The van der Waals surface area contributed by atoms with E-state index in [1.165, 1.54) is 35.3 Å². The molecule has 2 fully saturated rings. The molecule has 4 heterocycles. The topological polar surface area (TPSA) is 220 Å².